The molecule has 2 aliphatic rings. The average Bonchev–Trinajstić information content (AvgIpc) is 3.44. The number of nitrogens with one attached hydrogen (secondary N) is 1. The summed E-state index contributed by atoms with van der Waals surface area (Å²) in [6.45, 7) is 9.86. The molecule has 7 nitrogen and oxygen atoms in total. The van der Waals surface area contributed by atoms with E-state index in [-0.39, 0.29) is 12.7 Å². The standard InChI is InChI=1S/C33H38N4O3/c1-23-6-4-7-24(2)32(23)33(38)35-15-12-25(3)36-16-13-28(14-17-36)37(21-27-9-5-8-26(18-27)20-34)29-10-11-30-31(19-29)40-22-39-30/h4-11,18-19,25,28H,12-17,21-22H2,1-3H3,(H,35,38). The SMILES string of the molecule is Cc1cccc(C)c1C(=O)NCCC(C)N1CCC(N(Cc2cccc(C#N)c2)c2ccc3c(c2)OCO3)CC1. The van der Waals surface area contributed by atoms with Gasteiger partial charge in [-0.3, -0.25) is 4.79 Å². The lowest BCUT2D eigenvalue weighted by molar-refractivity contribution is 0.0944. The molecule has 0 bridgehead atoms. The summed E-state index contributed by atoms with van der Waals surface area (Å²) in [5.41, 5.74) is 5.72. The first kappa shape index (κ1) is 27.5. The molecule has 5 rings (SSSR count). The molecule has 0 radical (unpaired) electrons. The van der Waals surface area contributed by atoms with Crippen molar-refractivity contribution < 1.29 is 14.3 Å². The maximum atomic E-state index is 12.8. The number of piperidine rings is 1. The van der Waals surface area contributed by atoms with Crippen molar-refractivity contribution in [2.24, 2.45) is 0 Å². The normalized spacial score (nSPS) is 15.8. The topological polar surface area (TPSA) is 77.8 Å². The summed E-state index contributed by atoms with van der Waals surface area (Å²) in [6, 6.07) is 23.0. The molecule has 1 amide bonds. The van der Waals surface area contributed by atoms with E-state index in [2.05, 4.69) is 46.3 Å². The van der Waals surface area contributed by atoms with Crippen LogP contribution in [0.2, 0.25) is 0 Å². The monoisotopic (exact) mass is 538 g/mol. The van der Waals surface area contributed by atoms with Crippen LogP contribution in [0.1, 0.15) is 58.8 Å². The molecule has 0 aromatic heterocycles. The largest absolute Gasteiger partial charge is 0.454 e. The zero-order chi connectivity index (χ0) is 28.1. The van der Waals surface area contributed by atoms with E-state index in [1.807, 2.05) is 56.3 Å². The highest BCUT2D eigenvalue weighted by molar-refractivity contribution is 5.97. The summed E-state index contributed by atoms with van der Waals surface area (Å²) in [5.74, 6) is 1.58. The number of fused-ring (bicyclic) bond motifs is 1. The maximum Gasteiger partial charge on any atom is 0.251 e. The minimum Gasteiger partial charge on any atom is -0.454 e. The van der Waals surface area contributed by atoms with Crippen LogP contribution in [0.25, 0.3) is 0 Å². The van der Waals surface area contributed by atoms with E-state index in [1.54, 1.807) is 0 Å². The summed E-state index contributed by atoms with van der Waals surface area (Å²) >= 11 is 0. The Morgan fingerprint density at radius 2 is 1.77 bits per heavy atom. The number of benzene rings is 3. The first-order chi connectivity index (χ1) is 19.4. The van der Waals surface area contributed by atoms with Gasteiger partial charge >= 0.3 is 0 Å². The maximum absolute atomic E-state index is 12.8. The van der Waals surface area contributed by atoms with Crippen molar-refractivity contribution in [3.05, 3.63) is 88.5 Å². The molecule has 3 aromatic rings. The molecule has 2 heterocycles. The molecule has 40 heavy (non-hydrogen) atoms. The number of hydrogen-bond donors (Lipinski definition) is 1. The Balaban J connectivity index is 1.20. The van der Waals surface area contributed by atoms with Crippen LogP contribution in [-0.2, 0) is 6.54 Å². The lowest BCUT2D eigenvalue weighted by atomic mass is 9.98. The van der Waals surface area contributed by atoms with E-state index in [1.165, 1.54) is 0 Å². The van der Waals surface area contributed by atoms with E-state index in [9.17, 15) is 10.1 Å². The third-order valence-electron chi connectivity index (χ3n) is 8.22. The van der Waals surface area contributed by atoms with Gasteiger partial charge in [0, 0.05) is 55.6 Å². The fourth-order valence-corrected chi connectivity index (χ4v) is 5.91. The van der Waals surface area contributed by atoms with Crippen molar-refractivity contribution in [3.8, 4) is 17.6 Å². The summed E-state index contributed by atoms with van der Waals surface area (Å²) < 4.78 is 11.2. The van der Waals surface area contributed by atoms with E-state index in [4.69, 9.17) is 9.47 Å². The first-order valence-corrected chi connectivity index (χ1v) is 14.2. The van der Waals surface area contributed by atoms with Crippen LogP contribution in [0.5, 0.6) is 11.5 Å². The Hall–Kier alpha value is -4.02. The zero-order valence-electron chi connectivity index (χ0n) is 23.7. The summed E-state index contributed by atoms with van der Waals surface area (Å²) in [4.78, 5) is 17.8. The van der Waals surface area contributed by atoms with Crippen molar-refractivity contribution in [1.29, 1.82) is 5.26 Å². The Labute approximate surface area is 237 Å². The summed E-state index contributed by atoms with van der Waals surface area (Å²) in [5, 5.41) is 12.5. The first-order valence-electron chi connectivity index (χ1n) is 14.2. The van der Waals surface area contributed by atoms with Crippen LogP contribution in [0.4, 0.5) is 5.69 Å². The number of nitriles is 1. The van der Waals surface area contributed by atoms with Gasteiger partial charge in [0.1, 0.15) is 0 Å². The molecule has 1 unspecified atom stereocenters. The molecule has 1 atom stereocenters. The third-order valence-corrected chi connectivity index (χ3v) is 8.22. The minimum atomic E-state index is 0.0151. The molecule has 7 heteroatoms. The second-order valence-corrected chi connectivity index (χ2v) is 10.9. The Kier molecular flexibility index (Phi) is 8.57. The number of anilines is 1. The van der Waals surface area contributed by atoms with Crippen molar-refractivity contribution in [2.45, 2.75) is 58.7 Å². The summed E-state index contributed by atoms with van der Waals surface area (Å²) in [7, 11) is 0. The Bertz CT molecular complexity index is 1370. The lowest BCUT2D eigenvalue weighted by Crippen LogP contribution is -2.48. The van der Waals surface area contributed by atoms with Crippen molar-refractivity contribution in [1.82, 2.24) is 10.2 Å². The molecule has 1 N–H and O–H groups in total. The number of nitrogens with zero attached hydrogens (tertiary/aromatic N) is 3. The van der Waals surface area contributed by atoms with Gasteiger partial charge < -0.3 is 24.6 Å². The number of ether oxygens (including phenoxy) is 2. The molecular formula is C33H38N4O3. The number of carbonyl (C=O) groups is 1. The molecule has 0 spiro atoms. The average molecular weight is 539 g/mol. The predicted octanol–water partition coefficient (Wildman–Crippen LogP) is 5.58. The van der Waals surface area contributed by atoms with Crippen LogP contribution in [0, 0.1) is 25.2 Å². The third kappa shape index (κ3) is 6.24. The quantitative estimate of drug-likeness (QED) is 0.383. The van der Waals surface area contributed by atoms with Gasteiger partial charge in [0.2, 0.25) is 6.79 Å². The number of aryl methyl sites for hydroxylation is 2. The number of carbonyl (C=O) groups excluding carboxylic acids is 1. The number of rotatable bonds is 9. The van der Waals surface area contributed by atoms with Gasteiger partial charge in [-0.25, -0.2) is 0 Å². The number of likely N-dealkylation sites (tertiary alicyclic amines) is 1. The molecule has 208 valence electrons. The van der Waals surface area contributed by atoms with E-state index in [0.717, 1.165) is 78.3 Å². The van der Waals surface area contributed by atoms with Crippen LogP contribution < -0.4 is 19.7 Å². The molecule has 1 fully saturated rings. The molecule has 1 saturated heterocycles. The van der Waals surface area contributed by atoms with Crippen LogP contribution in [0.3, 0.4) is 0 Å². The predicted molar refractivity (Wildman–Crippen MR) is 157 cm³/mol. The molecular weight excluding hydrogens is 500 g/mol. The smallest absolute Gasteiger partial charge is 0.251 e. The summed E-state index contributed by atoms with van der Waals surface area (Å²) in [6.07, 6.45) is 2.98. The second kappa shape index (κ2) is 12.4. The van der Waals surface area contributed by atoms with E-state index < -0.39 is 0 Å². The second-order valence-electron chi connectivity index (χ2n) is 10.9. The zero-order valence-corrected chi connectivity index (χ0v) is 23.7. The lowest BCUT2D eigenvalue weighted by Gasteiger charge is -2.42. The van der Waals surface area contributed by atoms with Crippen molar-refractivity contribution in [2.75, 3.05) is 31.3 Å². The fourth-order valence-electron chi connectivity index (χ4n) is 5.91. The van der Waals surface area contributed by atoms with Crippen LogP contribution in [0.15, 0.2) is 60.7 Å². The highest BCUT2D eigenvalue weighted by Crippen LogP contribution is 2.37. The Morgan fingerprint density at radius 3 is 2.52 bits per heavy atom. The fraction of sp³-hybridized carbons (Fsp3) is 0.394. The van der Waals surface area contributed by atoms with Crippen LogP contribution in [-0.4, -0.2) is 49.3 Å². The van der Waals surface area contributed by atoms with Gasteiger partial charge in [-0.2, -0.15) is 5.26 Å². The van der Waals surface area contributed by atoms with Gasteiger partial charge in [-0.1, -0.05) is 30.3 Å². The minimum absolute atomic E-state index is 0.0151. The Morgan fingerprint density at radius 1 is 1.05 bits per heavy atom. The van der Waals surface area contributed by atoms with Gasteiger partial charge in [0.15, 0.2) is 11.5 Å². The number of hydrogen-bond acceptors (Lipinski definition) is 6. The van der Waals surface area contributed by atoms with Crippen molar-refractivity contribution >= 4 is 11.6 Å². The van der Waals surface area contributed by atoms with Crippen molar-refractivity contribution in [3.63, 3.8) is 0 Å². The number of amides is 1. The molecule has 2 aliphatic heterocycles. The van der Waals surface area contributed by atoms with E-state index in [0.29, 0.717) is 24.2 Å². The van der Waals surface area contributed by atoms with Gasteiger partial charge in [-0.05, 0) is 81.0 Å². The van der Waals surface area contributed by atoms with Gasteiger partial charge in [0.05, 0.1) is 11.6 Å². The van der Waals surface area contributed by atoms with Gasteiger partial charge in [0.25, 0.3) is 5.91 Å². The molecule has 0 saturated carbocycles. The van der Waals surface area contributed by atoms with Gasteiger partial charge in [-0.15, -0.1) is 0 Å². The molecule has 3 aromatic carbocycles. The highest BCUT2D eigenvalue weighted by atomic mass is 16.7. The molecule has 0 aliphatic carbocycles. The van der Waals surface area contributed by atoms with Crippen LogP contribution >= 0.6 is 0 Å². The van der Waals surface area contributed by atoms with E-state index >= 15 is 0 Å². The highest BCUT2D eigenvalue weighted by Gasteiger charge is 2.28.